The van der Waals surface area contributed by atoms with Crippen molar-refractivity contribution in [2.45, 2.75) is 52.0 Å². The topological polar surface area (TPSA) is 57.7 Å². The number of carbonyl (C=O) groups excluding carboxylic acids is 1. The molecule has 0 spiro atoms. The Kier molecular flexibility index (Phi) is 7.75. The van der Waals surface area contributed by atoms with Crippen LogP contribution in [0, 0.1) is 5.92 Å². The van der Waals surface area contributed by atoms with Gasteiger partial charge >= 0.3 is 6.03 Å². The molecule has 1 aromatic heterocycles. The minimum atomic E-state index is 0.0227. The zero-order valence-electron chi connectivity index (χ0n) is 16.7. The number of hydrogen-bond acceptors (Lipinski definition) is 4. The van der Waals surface area contributed by atoms with E-state index in [-0.39, 0.29) is 6.03 Å². The number of nitrogens with zero attached hydrogens (tertiary/aromatic N) is 3. The van der Waals surface area contributed by atoms with E-state index in [0.29, 0.717) is 19.0 Å². The van der Waals surface area contributed by atoms with Gasteiger partial charge in [-0.1, -0.05) is 18.9 Å². The van der Waals surface area contributed by atoms with E-state index in [9.17, 15) is 4.79 Å². The highest BCUT2D eigenvalue weighted by Gasteiger charge is 2.24. The van der Waals surface area contributed by atoms with Crippen LogP contribution in [0.25, 0.3) is 0 Å². The first kappa shape index (κ1) is 19.9. The largest absolute Gasteiger partial charge is 0.478 e. The predicted molar refractivity (Wildman–Crippen MR) is 107 cm³/mol. The van der Waals surface area contributed by atoms with Crippen molar-refractivity contribution in [3.8, 4) is 5.88 Å². The summed E-state index contributed by atoms with van der Waals surface area (Å²) >= 11 is 0. The number of pyridine rings is 1. The molecular formula is C21H34N4O2. The lowest BCUT2D eigenvalue weighted by atomic mass is 9.96. The van der Waals surface area contributed by atoms with Gasteiger partial charge in [-0.25, -0.2) is 9.78 Å². The molecule has 2 amide bonds. The average molecular weight is 375 g/mol. The van der Waals surface area contributed by atoms with Gasteiger partial charge in [-0.05, 0) is 57.7 Å². The zero-order valence-corrected chi connectivity index (χ0v) is 16.7. The summed E-state index contributed by atoms with van der Waals surface area (Å²) in [4.78, 5) is 21.4. The van der Waals surface area contributed by atoms with E-state index in [2.05, 4.69) is 15.2 Å². The summed E-state index contributed by atoms with van der Waals surface area (Å²) in [6, 6.07) is 3.85. The van der Waals surface area contributed by atoms with Crippen LogP contribution >= 0.6 is 0 Å². The van der Waals surface area contributed by atoms with Crippen LogP contribution in [0.4, 0.5) is 4.79 Å². The van der Waals surface area contributed by atoms with Gasteiger partial charge < -0.3 is 19.9 Å². The lowest BCUT2D eigenvalue weighted by molar-refractivity contribution is 0.147. The van der Waals surface area contributed by atoms with Gasteiger partial charge in [0.1, 0.15) is 0 Å². The molecule has 0 aliphatic carbocycles. The van der Waals surface area contributed by atoms with Gasteiger partial charge in [-0.15, -0.1) is 0 Å². The van der Waals surface area contributed by atoms with Gasteiger partial charge in [0.15, 0.2) is 0 Å². The SMILES string of the molecule is CCOc1ncccc1CNC(=O)N1CCC(CN2CCCCCC2)CC1. The second-order valence-corrected chi connectivity index (χ2v) is 7.70. The van der Waals surface area contributed by atoms with Crippen molar-refractivity contribution >= 4 is 6.03 Å². The van der Waals surface area contributed by atoms with Crippen LogP contribution in [-0.2, 0) is 6.54 Å². The summed E-state index contributed by atoms with van der Waals surface area (Å²) in [7, 11) is 0. The van der Waals surface area contributed by atoms with Gasteiger partial charge in [-0.2, -0.15) is 0 Å². The fraction of sp³-hybridized carbons (Fsp3) is 0.714. The van der Waals surface area contributed by atoms with E-state index in [1.807, 2.05) is 24.0 Å². The number of amides is 2. The van der Waals surface area contributed by atoms with Gasteiger partial charge in [-0.3, -0.25) is 0 Å². The Bertz CT molecular complexity index is 579. The van der Waals surface area contributed by atoms with Crippen molar-refractivity contribution in [2.75, 3.05) is 39.3 Å². The molecule has 0 unspecified atom stereocenters. The Hall–Kier alpha value is -1.82. The van der Waals surface area contributed by atoms with E-state index < -0.39 is 0 Å². The van der Waals surface area contributed by atoms with Crippen LogP contribution in [0.15, 0.2) is 18.3 Å². The number of likely N-dealkylation sites (tertiary alicyclic amines) is 2. The summed E-state index contributed by atoms with van der Waals surface area (Å²) < 4.78 is 5.53. The molecule has 0 saturated carbocycles. The lowest BCUT2D eigenvalue weighted by Gasteiger charge is -2.34. The highest BCUT2D eigenvalue weighted by molar-refractivity contribution is 5.74. The van der Waals surface area contributed by atoms with Crippen LogP contribution < -0.4 is 10.1 Å². The fourth-order valence-electron chi connectivity index (χ4n) is 4.11. The third kappa shape index (κ3) is 6.09. The number of hydrogen-bond donors (Lipinski definition) is 1. The Labute approximate surface area is 163 Å². The Morgan fingerprint density at radius 3 is 2.63 bits per heavy atom. The van der Waals surface area contributed by atoms with Crippen LogP contribution in [-0.4, -0.2) is 60.1 Å². The van der Waals surface area contributed by atoms with Crippen LogP contribution in [0.5, 0.6) is 5.88 Å². The van der Waals surface area contributed by atoms with Crippen molar-refractivity contribution in [1.29, 1.82) is 0 Å². The third-order valence-corrected chi connectivity index (χ3v) is 5.68. The molecule has 2 aliphatic rings. The Morgan fingerprint density at radius 2 is 1.93 bits per heavy atom. The third-order valence-electron chi connectivity index (χ3n) is 5.68. The van der Waals surface area contributed by atoms with Crippen LogP contribution in [0.2, 0.25) is 0 Å². The maximum Gasteiger partial charge on any atom is 0.317 e. The quantitative estimate of drug-likeness (QED) is 0.830. The number of rotatable bonds is 6. The van der Waals surface area contributed by atoms with E-state index >= 15 is 0 Å². The lowest BCUT2D eigenvalue weighted by Crippen LogP contribution is -2.46. The van der Waals surface area contributed by atoms with E-state index in [1.54, 1.807) is 6.20 Å². The minimum Gasteiger partial charge on any atom is -0.478 e. The number of urea groups is 1. The number of nitrogens with one attached hydrogen (secondary N) is 1. The monoisotopic (exact) mass is 374 g/mol. The van der Waals surface area contributed by atoms with Crippen LogP contribution in [0.3, 0.4) is 0 Å². The fourth-order valence-corrected chi connectivity index (χ4v) is 4.11. The molecule has 3 heterocycles. The molecular weight excluding hydrogens is 340 g/mol. The van der Waals surface area contributed by atoms with E-state index in [1.165, 1.54) is 45.3 Å². The molecule has 0 aromatic carbocycles. The predicted octanol–water partition coefficient (Wildman–Crippen LogP) is 3.28. The molecule has 27 heavy (non-hydrogen) atoms. The zero-order chi connectivity index (χ0) is 18.9. The Balaban J connectivity index is 1.41. The van der Waals surface area contributed by atoms with Crippen molar-refractivity contribution in [3.05, 3.63) is 23.9 Å². The normalized spacial score (nSPS) is 19.5. The molecule has 0 bridgehead atoms. The number of ether oxygens (including phenoxy) is 1. The summed E-state index contributed by atoms with van der Waals surface area (Å²) in [6.45, 7) is 8.40. The molecule has 6 nitrogen and oxygen atoms in total. The van der Waals surface area contributed by atoms with Gasteiger partial charge in [0.25, 0.3) is 0 Å². The molecule has 2 aliphatic heterocycles. The highest BCUT2D eigenvalue weighted by atomic mass is 16.5. The number of piperidine rings is 1. The first-order valence-corrected chi connectivity index (χ1v) is 10.6. The summed E-state index contributed by atoms with van der Waals surface area (Å²) in [6.07, 6.45) is 9.40. The summed E-state index contributed by atoms with van der Waals surface area (Å²) in [5.74, 6) is 1.34. The second kappa shape index (κ2) is 10.5. The Morgan fingerprint density at radius 1 is 1.19 bits per heavy atom. The van der Waals surface area contributed by atoms with Crippen molar-refractivity contribution in [1.82, 2.24) is 20.1 Å². The maximum absolute atomic E-state index is 12.5. The highest BCUT2D eigenvalue weighted by Crippen LogP contribution is 2.21. The van der Waals surface area contributed by atoms with Crippen LogP contribution in [0.1, 0.15) is 51.0 Å². The molecule has 6 heteroatoms. The standard InChI is InChI=1S/C21H34N4O2/c1-2-27-20-19(8-7-11-22-20)16-23-21(26)25-14-9-18(10-15-25)17-24-12-5-3-4-6-13-24/h7-8,11,18H,2-6,9-10,12-17H2,1H3,(H,23,26). The smallest absolute Gasteiger partial charge is 0.317 e. The number of aromatic nitrogens is 1. The molecule has 0 radical (unpaired) electrons. The minimum absolute atomic E-state index is 0.0227. The molecule has 2 saturated heterocycles. The number of carbonyl (C=O) groups is 1. The van der Waals surface area contributed by atoms with Crippen molar-refractivity contribution in [3.63, 3.8) is 0 Å². The summed E-state index contributed by atoms with van der Waals surface area (Å²) in [5, 5.41) is 3.03. The second-order valence-electron chi connectivity index (χ2n) is 7.70. The molecule has 1 N–H and O–H groups in total. The molecule has 0 atom stereocenters. The maximum atomic E-state index is 12.5. The van der Waals surface area contributed by atoms with E-state index in [0.717, 1.165) is 37.4 Å². The van der Waals surface area contributed by atoms with E-state index in [4.69, 9.17) is 4.74 Å². The summed E-state index contributed by atoms with van der Waals surface area (Å²) in [5.41, 5.74) is 0.920. The first-order chi connectivity index (χ1) is 13.3. The van der Waals surface area contributed by atoms with Crippen molar-refractivity contribution in [2.24, 2.45) is 5.92 Å². The molecule has 3 rings (SSSR count). The molecule has 1 aromatic rings. The first-order valence-electron chi connectivity index (χ1n) is 10.6. The van der Waals surface area contributed by atoms with Crippen molar-refractivity contribution < 1.29 is 9.53 Å². The molecule has 150 valence electrons. The van der Waals surface area contributed by atoms with Gasteiger partial charge in [0.2, 0.25) is 5.88 Å². The average Bonchev–Trinajstić information content (AvgIpc) is 2.96. The molecule has 2 fully saturated rings. The van der Waals surface area contributed by atoms with Gasteiger partial charge in [0.05, 0.1) is 6.61 Å². The van der Waals surface area contributed by atoms with Gasteiger partial charge in [0, 0.05) is 37.9 Å².